The van der Waals surface area contributed by atoms with Gasteiger partial charge in [-0.05, 0) is 29.8 Å². The van der Waals surface area contributed by atoms with E-state index in [4.69, 9.17) is 14.2 Å². The molecule has 1 saturated heterocycles. The Balaban J connectivity index is 1.22. The molecular formula is C22H25N3O6S. The number of amides is 1. The minimum atomic E-state index is -3.53. The zero-order chi connectivity index (χ0) is 22.3. The lowest BCUT2D eigenvalue weighted by Crippen LogP contribution is -2.56. The van der Waals surface area contributed by atoms with E-state index in [0.29, 0.717) is 24.5 Å². The van der Waals surface area contributed by atoms with Gasteiger partial charge in [-0.1, -0.05) is 18.2 Å². The van der Waals surface area contributed by atoms with Gasteiger partial charge in [-0.3, -0.25) is 14.0 Å². The Bertz CT molecular complexity index is 1130. The van der Waals surface area contributed by atoms with Crippen molar-refractivity contribution in [2.24, 2.45) is 0 Å². The maximum atomic E-state index is 13.2. The van der Waals surface area contributed by atoms with Crippen molar-refractivity contribution in [3.63, 3.8) is 0 Å². The average molecular weight is 460 g/mol. The molecular weight excluding hydrogens is 434 g/mol. The van der Waals surface area contributed by atoms with Crippen LogP contribution in [-0.4, -0.2) is 76.0 Å². The Hall–Kier alpha value is -2.98. The molecule has 170 valence electrons. The van der Waals surface area contributed by atoms with Crippen LogP contribution in [0.15, 0.2) is 42.5 Å². The minimum Gasteiger partial charge on any atom is -0.476 e. The standard InChI is InChI=1S/C22H25N3O6S/c1-32(27,28)25-14-21(31-18-5-3-2-4-17(18)25)22(26)24-10-8-23(9-11-24)13-16-6-7-19-20(12-16)30-15-29-19/h2-7,12,21H,8-11,13-15H2,1H3/t21-/m0/s1. The fourth-order valence-corrected chi connectivity index (χ4v) is 5.19. The highest BCUT2D eigenvalue weighted by atomic mass is 32.2. The van der Waals surface area contributed by atoms with Crippen LogP contribution in [0.1, 0.15) is 5.56 Å². The summed E-state index contributed by atoms with van der Waals surface area (Å²) in [6.45, 7) is 3.55. The quantitative estimate of drug-likeness (QED) is 0.681. The Morgan fingerprint density at radius 2 is 1.75 bits per heavy atom. The van der Waals surface area contributed by atoms with Crippen molar-refractivity contribution >= 4 is 21.6 Å². The highest BCUT2D eigenvalue weighted by Gasteiger charge is 2.37. The van der Waals surface area contributed by atoms with Crippen LogP contribution < -0.4 is 18.5 Å². The van der Waals surface area contributed by atoms with E-state index in [9.17, 15) is 13.2 Å². The van der Waals surface area contributed by atoms with Gasteiger partial charge in [0, 0.05) is 32.7 Å². The van der Waals surface area contributed by atoms with Crippen LogP contribution in [0.25, 0.3) is 0 Å². The van der Waals surface area contributed by atoms with Crippen molar-refractivity contribution in [2.75, 3.05) is 50.1 Å². The van der Waals surface area contributed by atoms with Gasteiger partial charge in [0.15, 0.2) is 17.6 Å². The summed E-state index contributed by atoms with van der Waals surface area (Å²) in [6, 6.07) is 12.8. The van der Waals surface area contributed by atoms with Crippen molar-refractivity contribution in [3.05, 3.63) is 48.0 Å². The van der Waals surface area contributed by atoms with Crippen LogP contribution in [0.2, 0.25) is 0 Å². The molecule has 0 aliphatic carbocycles. The van der Waals surface area contributed by atoms with Crippen LogP contribution in [0.3, 0.4) is 0 Å². The summed E-state index contributed by atoms with van der Waals surface area (Å²) >= 11 is 0. The first-order valence-corrected chi connectivity index (χ1v) is 12.4. The number of para-hydroxylation sites is 2. The monoisotopic (exact) mass is 459 g/mol. The molecule has 3 heterocycles. The van der Waals surface area contributed by atoms with E-state index >= 15 is 0 Å². The number of carbonyl (C=O) groups excluding carboxylic acids is 1. The molecule has 0 radical (unpaired) electrons. The highest BCUT2D eigenvalue weighted by molar-refractivity contribution is 7.92. The summed E-state index contributed by atoms with van der Waals surface area (Å²) in [7, 11) is -3.53. The molecule has 0 aromatic heterocycles. The number of ether oxygens (including phenoxy) is 3. The van der Waals surface area contributed by atoms with E-state index < -0.39 is 16.1 Å². The molecule has 3 aliphatic heterocycles. The van der Waals surface area contributed by atoms with Crippen molar-refractivity contribution in [1.82, 2.24) is 9.80 Å². The average Bonchev–Trinajstić information content (AvgIpc) is 3.26. The summed E-state index contributed by atoms with van der Waals surface area (Å²) in [6.07, 6.45) is 0.283. The fraction of sp³-hybridized carbons (Fsp3) is 0.409. The number of nitrogens with zero attached hydrogens (tertiary/aromatic N) is 3. The summed E-state index contributed by atoms with van der Waals surface area (Å²) in [4.78, 5) is 17.2. The molecule has 0 bridgehead atoms. The third-order valence-corrected chi connectivity index (χ3v) is 7.08. The van der Waals surface area contributed by atoms with Gasteiger partial charge in [-0.25, -0.2) is 8.42 Å². The summed E-state index contributed by atoms with van der Waals surface area (Å²) in [5.74, 6) is 1.75. The molecule has 5 rings (SSSR count). The smallest absolute Gasteiger partial charge is 0.265 e. The number of piperazine rings is 1. The van der Waals surface area contributed by atoms with E-state index in [1.54, 1.807) is 29.2 Å². The molecule has 1 fully saturated rings. The number of hydrogen-bond donors (Lipinski definition) is 0. The first kappa shape index (κ1) is 20.9. The molecule has 10 heteroatoms. The maximum absolute atomic E-state index is 13.2. The number of sulfonamides is 1. The molecule has 32 heavy (non-hydrogen) atoms. The van der Waals surface area contributed by atoms with E-state index in [1.807, 2.05) is 18.2 Å². The topological polar surface area (TPSA) is 88.6 Å². The van der Waals surface area contributed by atoms with E-state index in [2.05, 4.69) is 4.90 Å². The SMILES string of the molecule is CS(=O)(=O)N1C[C@@H](C(=O)N2CCN(Cc3ccc4c(c3)OCO4)CC2)Oc2ccccc21. The van der Waals surface area contributed by atoms with Crippen LogP contribution in [-0.2, 0) is 21.4 Å². The number of rotatable bonds is 4. The van der Waals surface area contributed by atoms with Crippen molar-refractivity contribution in [1.29, 1.82) is 0 Å². The predicted molar refractivity (Wildman–Crippen MR) is 117 cm³/mol. The van der Waals surface area contributed by atoms with E-state index in [0.717, 1.165) is 43.0 Å². The third-order valence-electron chi connectivity index (χ3n) is 5.94. The van der Waals surface area contributed by atoms with Gasteiger partial charge in [0.25, 0.3) is 5.91 Å². The largest absolute Gasteiger partial charge is 0.476 e. The van der Waals surface area contributed by atoms with Gasteiger partial charge in [0.2, 0.25) is 16.8 Å². The second-order valence-electron chi connectivity index (χ2n) is 8.16. The van der Waals surface area contributed by atoms with Gasteiger partial charge < -0.3 is 19.1 Å². The van der Waals surface area contributed by atoms with Crippen LogP contribution >= 0.6 is 0 Å². The Morgan fingerprint density at radius 3 is 2.53 bits per heavy atom. The molecule has 0 spiro atoms. The molecule has 0 N–H and O–H groups in total. The molecule has 1 atom stereocenters. The summed E-state index contributed by atoms with van der Waals surface area (Å²) in [5.41, 5.74) is 1.60. The summed E-state index contributed by atoms with van der Waals surface area (Å²) < 4.78 is 42.6. The lowest BCUT2D eigenvalue weighted by Gasteiger charge is -2.39. The lowest BCUT2D eigenvalue weighted by molar-refractivity contribution is -0.140. The number of anilines is 1. The van der Waals surface area contributed by atoms with E-state index in [1.165, 1.54) is 4.31 Å². The number of hydrogen-bond acceptors (Lipinski definition) is 7. The van der Waals surface area contributed by atoms with Crippen LogP contribution in [0.4, 0.5) is 5.69 Å². The zero-order valence-electron chi connectivity index (χ0n) is 17.8. The second kappa shape index (κ2) is 8.18. The van der Waals surface area contributed by atoms with Gasteiger partial charge >= 0.3 is 0 Å². The van der Waals surface area contributed by atoms with Crippen LogP contribution in [0.5, 0.6) is 17.2 Å². The van der Waals surface area contributed by atoms with Crippen molar-refractivity contribution in [3.8, 4) is 17.2 Å². The third kappa shape index (κ3) is 4.07. The Morgan fingerprint density at radius 1 is 1.00 bits per heavy atom. The molecule has 0 unspecified atom stereocenters. The number of fused-ring (bicyclic) bond motifs is 2. The molecule has 9 nitrogen and oxygen atoms in total. The molecule has 0 saturated carbocycles. The Kier molecular flexibility index (Phi) is 5.34. The van der Waals surface area contributed by atoms with Gasteiger partial charge in [-0.2, -0.15) is 0 Å². The zero-order valence-corrected chi connectivity index (χ0v) is 18.6. The van der Waals surface area contributed by atoms with Crippen molar-refractivity contribution in [2.45, 2.75) is 12.6 Å². The molecule has 2 aromatic rings. The number of carbonyl (C=O) groups is 1. The highest BCUT2D eigenvalue weighted by Crippen LogP contribution is 2.35. The molecule has 2 aromatic carbocycles. The van der Waals surface area contributed by atoms with Crippen molar-refractivity contribution < 1.29 is 27.4 Å². The minimum absolute atomic E-state index is 0.0217. The fourth-order valence-electron chi connectivity index (χ4n) is 4.27. The molecule has 1 amide bonds. The first-order valence-electron chi connectivity index (χ1n) is 10.5. The number of benzene rings is 2. The second-order valence-corrected chi connectivity index (χ2v) is 10.1. The van der Waals surface area contributed by atoms with Gasteiger partial charge in [-0.15, -0.1) is 0 Å². The Labute approximate surface area is 187 Å². The van der Waals surface area contributed by atoms with Crippen LogP contribution in [0, 0.1) is 0 Å². The first-order chi connectivity index (χ1) is 15.4. The van der Waals surface area contributed by atoms with E-state index in [-0.39, 0.29) is 19.2 Å². The lowest BCUT2D eigenvalue weighted by atomic mass is 10.1. The maximum Gasteiger partial charge on any atom is 0.265 e. The molecule has 3 aliphatic rings. The summed E-state index contributed by atoms with van der Waals surface area (Å²) in [5, 5.41) is 0. The van der Waals surface area contributed by atoms with Gasteiger partial charge in [0.1, 0.15) is 5.75 Å². The predicted octanol–water partition coefficient (Wildman–Crippen LogP) is 1.29. The van der Waals surface area contributed by atoms with Gasteiger partial charge in [0.05, 0.1) is 18.5 Å². The normalized spacial score (nSPS) is 20.6.